The lowest BCUT2D eigenvalue weighted by molar-refractivity contribution is 0.102. The van der Waals surface area contributed by atoms with E-state index in [1.807, 2.05) is 0 Å². The van der Waals surface area contributed by atoms with Gasteiger partial charge in [0, 0.05) is 31.5 Å². The molecule has 4 N–H and O–H groups in total. The van der Waals surface area contributed by atoms with Crippen LogP contribution in [0.15, 0.2) is 30.7 Å². The number of nitrogen functional groups attached to an aromatic ring is 1. The second-order valence-electron chi connectivity index (χ2n) is 7.30. The number of anilines is 2. The molecule has 10 heteroatoms. The average molecular weight is 392 g/mol. The lowest BCUT2D eigenvalue weighted by Crippen LogP contribution is -2.50. The summed E-state index contributed by atoms with van der Waals surface area (Å²) >= 11 is 0. The predicted molar refractivity (Wildman–Crippen MR) is 106 cm³/mol. The zero-order valence-corrected chi connectivity index (χ0v) is 16.0. The minimum atomic E-state index is -0.824. The number of carbonyl (C=O) groups excluding carboxylic acids is 1. The van der Waals surface area contributed by atoms with Crippen LogP contribution in [0.3, 0.4) is 0 Å². The molecule has 3 aromatic rings. The van der Waals surface area contributed by atoms with E-state index in [2.05, 4.69) is 31.8 Å². The number of amides is 1. The van der Waals surface area contributed by atoms with Crippen LogP contribution in [0.5, 0.6) is 5.75 Å². The maximum atomic E-state index is 13.0. The van der Waals surface area contributed by atoms with Gasteiger partial charge in [0.2, 0.25) is 0 Å². The first kappa shape index (κ1) is 18.6. The number of carbonyl (C=O) groups is 1. The van der Waals surface area contributed by atoms with Crippen LogP contribution in [0.4, 0.5) is 11.5 Å². The summed E-state index contributed by atoms with van der Waals surface area (Å²) < 4.78 is 7.29. The number of nitrogens with zero attached hydrogens (tertiary/aromatic N) is 5. The van der Waals surface area contributed by atoms with Gasteiger partial charge in [0.05, 0.1) is 23.4 Å². The van der Waals surface area contributed by atoms with E-state index in [1.54, 1.807) is 38.4 Å². The lowest BCUT2D eigenvalue weighted by atomic mass is 9.91. The van der Waals surface area contributed by atoms with Crippen LogP contribution in [0.25, 0.3) is 5.65 Å². The fraction of sp³-hybridized carbons (Fsp3) is 0.316. The molecule has 0 atom stereocenters. The SMILES string of the molecule is CC(C)(C#N)c1ccn2nc(N)c(C(=O)Nc3cnccc3OC3CNC3)c2n1. The first-order valence-corrected chi connectivity index (χ1v) is 9.08. The highest BCUT2D eigenvalue weighted by molar-refractivity contribution is 6.12. The van der Waals surface area contributed by atoms with Gasteiger partial charge in [0.25, 0.3) is 5.91 Å². The number of hydrogen-bond acceptors (Lipinski definition) is 8. The third-order valence-corrected chi connectivity index (χ3v) is 4.73. The molecule has 1 aliphatic heterocycles. The van der Waals surface area contributed by atoms with Crippen LogP contribution < -0.4 is 21.1 Å². The number of nitrogens with two attached hydrogens (primary N) is 1. The van der Waals surface area contributed by atoms with Gasteiger partial charge in [-0.15, -0.1) is 5.10 Å². The zero-order valence-electron chi connectivity index (χ0n) is 16.0. The first-order valence-electron chi connectivity index (χ1n) is 9.08. The summed E-state index contributed by atoms with van der Waals surface area (Å²) in [5.74, 6) is 0.0760. The third kappa shape index (κ3) is 3.43. The highest BCUT2D eigenvalue weighted by Gasteiger charge is 2.26. The molecule has 1 saturated heterocycles. The quantitative estimate of drug-likeness (QED) is 0.586. The number of pyridine rings is 1. The molecule has 0 aliphatic carbocycles. The van der Waals surface area contributed by atoms with Crippen LogP contribution in [0.2, 0.25) is 0 Å². The second kappa shape index (κ2) is 7.03. The van der Waals surface area contributed by atoms with E-state index in [-0.39, 0.29) is 23.1 Å². The Morgan fingerprint density at radius 3 is 2.93 bits per heavy atom. The van der Waals surface area contributed by atoms with Crippen molar-refractivity contribution in [3.05, 3.63) is 42.0 Å². The van der Waals surface area contributed by atoms with E-state index < -0.39 is 11.3 Å². The van der Waals surface area contributed by atoms with Gasteiger partial charge >= 0.3 is 0 Å². The maximum absolute atomic E-state index is 13.0. The molecule has 4 heterocycles. The minimum Gasteiger partial charge on any atom is -0.485 e. The van der Waals surface area contributed by atoms with Crippen molar-refractivity contribution in [3.63, 3.8) is 0 Å². The molecule has 1 fully saturated rings. The Kier molecular flexibility index (Phi) is 4.52. The number of nitrogens with one attached hydrogen (secondary N) is 2. The van der Waals surface area contributed by atoms with Crippen LogP contribution in [-0.2, 0) is 5.41 Å². The van der Waals surface area contributed by atoms with E-state index >= 15 is 0 Å². The van der Waals surface area contributed by atoms with Crippen molar-refractivity contribution in [3.8, 4) is 11.8 Å². The molecule has 148 valence electrons. The van der Waals surface area contributed by atoms with Gasteiger partial charge in [-0.05, 0) is 19.9 Å². The first-order chi connectivity index (χ1) is 13.9. The summed E-state index contributed by atoms with van der Waals surface area (Å²) in [4.78, 5) is 21.6. The smallest absolute Gasteiger partial charge is 0.263 e. The van der Waals surface area contributed by atoms with Crippen molar-refractivity contribution < 1.29 is 9.53 Å². The predicted octanol–water partition coefficient (Wildman–Crippen LogP) is 1.11. The second-order valence-corrected chi connectivity index (χ2v) is 7.30. The molecule has 1 amide bonds. The molecule has 10 nitrogen and oxygen atoms in total. The molecule has 0 unspecified atom stereocenters. The fourth-order valence-corrected chi connectivity index (χ4v) is 2.86. The topological polar surface area (TPSA) is 143 Å². The van der Waals surface area contributed by atoms with Gasteiger partial charge in [-0.1, -0.05) is 0 Å². The largest absolute Gasteiger partial charge is 0.485 e. The van der Waals surface area contributed by atoms with Crippen LogP contribution in [-0.4, -0.2) is 44.7 Å². The molecular formula is C19H20N8O2. The van der Waals surface area contributed by atoms with Crippen molar-refractivity contribution in [2.45, 2.75) is 25.4 Å². The van der Waals surface area contributed by atoms with E-state index in [9.17, 15) is 10.1 Å². The Bertz CT molecular complexity index is 1130. The highest BCUT2D eigenvalue weighted by atomic mass is 16.5. The Morgan fingerprint density at radius 1 is 1.45 bits per heavy atom. The summed E-state index contributed by atoms with van der Waals surface area (Å²) in [5, 5.41) is 19.4. The van der Waals surface area contributed by atoms with Gasteiger partial charge in [0.15, 0.2) is 11.5 Å². The molecular weight excluding hydrogens is 372 g/mol. The highest BCUT2D eigenvalue weighted by Crippen LogP contribution is 2.27. The summed E-state index contributed by atoms with van der Waals surface area (Å²) in [6.07, 6.45) is 4.79. The zero-order chi connectivity index (χ0) is 20.6. The summed E-state index contributed by atoms with van der Waals surface area (Å²) in [7, 11) is 0. The van der Waals surface area contributed by atoms with Crippen molar-refractivity contribution in [1.82, 2.24) is 24.9 Å². The van der Waals surface area contributed by atoms with Gasteiger partial charge < -0.3 is 21.1 Å². The minimum absolute atomic E-state index is 0.0384. The number of fused-ring (bicyclic) bond motifs is 1. The van der Waals surface area contributed by atoms with E-state index in [1.165, 1.54) is 10.7 Å². The van der Waals surface area contributed by atoms with Crippen LogP contribution in [0, 0.1) is 11.3 Å². The van der Waals surface area contributed by atoms with Gasteiger partial charge in [0.1, 0.15) is 23.1 Å². The maximum Gasteiger partial charge on any atom is 0.263 e. The molecule has 0 spiro atoms. The van der Waals surface area contributed by atoms with Crippen molar-refractivity contribution in [2.75, 3.05) is 24.1 Å². The molecule has 29 heavy (non-hydrogen) atoms. The summed E-state index contributed by atoms with van der Waals surface area (Å²) in [5.41, 5.74) is 6.52. The standard InChI is InChI=1S/C19H20N8O2/c1-19(2,10-20)14-4-6-27-17(25-14)15(16(21)26-27)18(28)24-12-9-22-5-3-13(12)29-11-7-23-8-11/h3-6,9,11,23H,7-8H2,1-2H3,(H2,21,26)(H,24,28). The number of hydrogen-bond donors (Lipinski definition) is 3. The average Bonchev–Trinajstić information content (AvgIpc) is 3.00. The van der Waals surface area contributed by atoms with Gasteiger partial charge in [-0.2, -0.15) is 5.26 Å². The molecule has 3 aromatic heterocycles. The number of rotatable bonds is 5. The normalized spacial score (nSPS) is 14.2. The Balaban J connectivity index is 1.68. The summed E-state index contributed by atoms with van der Waals surface area (Å²) in [6.45, 7) is 5.00. The molecule has 0 bridgehead atoms. The molecule has 0 saturated carbocycles. The van der Waals surface area contributed by atoms with E-state index in [0.29, 0.717) is 17.1 Å². The Labute approximate surface area is 166 Å². The Hall–Kier alpha value is -3.71. The molecule has 0 radical (unpaired) electrons. The Morgan fingerprint density at radius 2 is 2.24 bits per heavy atom. The number of ether oxygens (including phenoxy) is 1. The molecule has 0 aromatic carbocycles. The molecule has 1 aliphatic rings. The summed E-state index contributed by atoms with van der Waals surface area (Å²) in [6, 6.07) is 5.58. The third-order valence-electron chi connectivity index (χ3n) is 4.73. The van der Waals surface area contributed by atoms with Crippen LogP contribution in [0.1, 0.15) is 29.9 Å². The van der Waals surface area contributed by atoms with E-state index in [4.69, 9.17) is 10.5 Å². The monoisotopic (exact) mass is 392 g/mol. The number of nitriles is 1. The van der Waals surface area contributed by atoms with Crippen molar-refractivity contribution in [1.29, 1.82) is 5.26 Å². The van der Waals surface area contributed by atoms with Crippen molar-refractivity contribution in [2.24, 2.45) is 0 Å². The molecule has 4 rings (SSSR count). The fourth-order valence-electron chi connectivity index (χ4n) is 2.86. The van der Waals surface area contributed by atoms with Crippen molar-refractivity contribution >= 4 is 23.1 Å². The van der Waals surface area contributed by atoms with Crippen LogP contribution >= 0.6 is 0 Å². The van der Waals surface area contributed by atoms with Gasteiger partial charge in [-0.3, -0.25) is 9.78 Å². The van der Waals surface area contributed by atoms with E-state index in [0.717, 1.165) is 13.1 Å². The van der Waals surface area contributed by atoms with Gasteiger partial charge in [-0.25, -0.2) is 9.50 Å². The lowest BCUT2D eigenvalue weighted by Gasteiger charge is -2.28. The number of aromatic nitrogens is 4.